The minimum atomic E-state index is 0.350. The molecular formula is C14H30N2. The van der Waals surface area contributed by atoms with Crippen LogP contribution in [0.4, 0.5) is 0 Å². The molecule has 0 radical (unpaired) electrons. The van der Waals surface area contributed by atoms with E-state index in [1.165, 1.54) is 26.1 Å². The second-order valence-corrected chi connectivity index (χ2v) is 7.13. The lowest BCUT2D eigenvalue weighted by molar-refractivity contribution is 0.186. The van der Waals surface area contributed by atoms with Gasteiger partial charge in [0, 0.05) is 19.1 Å². The molecule has 1 heterocycles. The van der Waals surface area contributed by atoms with Crippen molar-refractivity contribution in [2.24, 2.45) is 10.8 Å². The molecule has 1 N–H and O–H groups in total. The smallest absolute Gasteiger partial charge is 0.0243 e. The molecule has 96 valence electrons. The normalized spacial score (nSPS) is 23.6. The maximum atomic E-state index is 3.64. The third-order valence-electron chi connectivity index (χ3n) is 3.69. The summed E-state index contributed by atoms with van der Waals surface area (Å²) >= 11 is 0. The van der Waals surface area contributed by atoms with E-state index in [4.69, 9.17) is 0 Å². The van der Waals surface area contributed by atoms with Crippen molar-refractivity contribution in [3.05, 3.63) is 0 Å². The number of hydrogen-bond acceptors (Lipinski definition) is 2. The van der Waals surface area contributed by atoms with Gasteiger partial charge < -0.3 is 10.2 Å². The number of nitrogens with zero attached hydrogens (tertiary/aromatic N) is 1. The Morgan fingerprint density at radius 1 is 1.31 bits per heavy atom. The highest BCUT2D eigenvalue weighted by Gasteiger charge is 2.33. The first-order valence-corrected chi connectivity index (χ1v) is 6.70. The van der Waals surface area contributed by atoms with Crippen LogP contribution in [0.15, 0.2) is 0 Å². The molecule has 0 bridgehead atoms. The lowest BCUT2D eigenvalue weighted by atomic mass is 9.86. The average molecular weight is 226 g/mol. The van der Waals surface area contributed by atoms with Crippen LogP contribution in [0, 0.1) is 10.8 Å². The lowest BCUT2D eigenvalue weighted by Gasteiger charge is -2.35. The molecule has 1 unspecified atom stereocenters. The summed E-state index contributed by atoms with van der Waals surface area (Å²) in [6.07, 6.45) is 1.34. The maximum Gasteiger partial charge on any atom is 0.0243 e. The first-order valence-electron chi connectivity index (χ1n) is 6.70. The molecule has 1 fully saturated rings. The highest BCUT2D eigenvalue weighted by atomic mass is 15.2. The highest BCUT2D eigenvalue weighted by Crippen LogP contribution is 2.30. The Kier molecular flexibility index (Phi) is 4.42. The van der Waals surface area contributed by atoms with Crippen LogP contribution >= 0.6 is 0 Å². The zero-order chi connectivity index (χ0) is 12.4. The van der Waals surface area contributed by atoms with Gasteiger partial charge in [-0.3, -0.25) is 0 Å². The number of hydrogen-bond donors (Lipinski definition) is 1. The molecule has 1 aliphatic rings. The largest absolute Gasteiger partial charge is 0.312 e. The fraction of sp³-hybridized carbons (Fsp3) is 1.00. The molecule has 0 aromatic rings. The Bertz CT molecular complexity index is 215. The first kappa shape index (κ1) is 14.0. The predicted octanol–water partition coefficient (Wildman–Crippen LogP) is 2.74. The van der Waals surface area contributed by atoms with Gasteiger partial charge in [-0.1, -0.05) is 41.5 Å². The van der Waals surface area contributed by atoms with E-state index in [-0.39, 0.29) is 0 Å². The first-order chi connectivity index (χ1) is 7.24. The van der Waals surface area contributed by atoms with E-state index in [1.54, 1.807) is 0 Å². The monoisotopic (exact) mass is 226 g/mol. The van der Waals surface area contributed by atoms with E-state index in [9.17, 15) is 0 Å². The third kappa shape index (κ3) is 4.06. The number of likely N-dealkylation sites (N-methyl/N-ethyl adjacent to an activating group) is 1. The number of nitrogens with one attached hydrogen (secondary N) is 1. The summed E-state index contributed by atoms with van der Waals surface area (Å²) in [6.45, 7) is 18.8. The van der Waals surface area contributed by atoms with Crippen molar-refractivity contribution in [1.29, 1.82) is 0 Å². The Morgan fingerprint density at radius 3 is 2.31 bits per heavy atom. The Hall–Kier alpha value is -0.0800. The molecule has 0 aromatic heterocycles. The van der Waals surface area contributed by atoms with Gasteiger partial charge in [0.2, 0.25) is 0 Å². The average Bonchev–Trinajstić information content (AvgIpc) is 2.43. The van der Waals surface area contributed by atoms with Crippen LogP contribution in [0.5, 0.6) is 0 Å². The van der Waals surface area contributed by atoms with E-state index in [2.05, 4.69) is 51.8 Å². The van der Waals surface area contributed by atoms with E-state index < -0.39 is 0 Å². The highest BCUT2D eigenvalue weighted by molar-refractivity contribution is 4.88. The molecule has 2 nitrogen and oxygen atoms in total. The molecule has 1 saturated heterocycles. The summed E-state index contributed by atoms with van der Waals surface area (Å²) in [4.78, 5) is 2.62. The Labute approximate surface area is 102 Å². The zero-order valence-electron chi connectivity index (χ0n) is 12.1. The van der Waals surface area contributed by atoms with Crippen LogP contribution in [0.1, 0.15) is 48.0 Å². The van der Waals surface area contributed by atoms with Crippen LogP contribution < -0.4 is 5.32 Å². The van der Waals surface area contributed by atoms with Crippen molar-refractivity contribution >= 4 is 0 Å². The van der Waals surface area contributed by atoms with Crippen LogP contribution in [0.2, 0.25) is 0 Å². The van der Waals surface area contributed by atoms with Gasteiger partial charge in [-0.15, -0.1) is 0 Å². The van der Waals surface area contributed by atoms with E-state index in [0.29, 0.717) is 16.9 Å². The van der Waals surface area contributed by atoms with Gasteiger partial charge in [-0.05, 0) is 30.3 Å². The van der Waals surface area contributed by atoms with Crippen molar-refractivity contribution in [2.75, 3.05) is 26.2 Å². The van der Waals surface area contributed by atoms with Crippen LogP contribution in [0.3, 0.4) is 0 Å². The van der Waals surface area contributed by atoms with E-state index >= 15 is 0 Å². The lowest BCUT2D eigenvalue weighted by Crippen LogP contribution is -2.48. The molecule has 1 atom stereocenters. The number of rotatable bonds is 4. The molecule has 0 aromatic carbocycles. The molecule has 0 saturated carbocycles. The summed E-state index contributed by atoms with van der Waals surface area (Å²) in [5.74, 6) is 0. The minimum absolute atomic E-state index is 0.350. The van der Waals surface area contributed by atoms with Gasteiger partial charge in [-0.2, -0.15) is 0 Å². The van der Waals surface area contributed by atoms with Crippen LogP contribution in [0.25, 0.3) is 0 Å². The molecule has 1 rings (SSSR count). The van der Waals surface area contributed by atoms with Crippen molar-refractivity contribution in [1.82, 2.24) is 10.2 Å². The molecule has 2 heteroatoms. The second kappa shape index (κ2) is 5.05. The van der Waals surface area contributed by atoms with Crippen LogP contribution in [-0.4, -0.2) is 37.1 Å². The topological polar surface area (TPSA) is 15.3 Å². The van der Waals surface area contributed by atoms with E-state index in [0.717, 1.165) is 6.54 Å². The molecule has 0 aliphatic carbocycles. The van der Waals surface area contributed by atoms with Crippen molar-refractivity contribution in [2.45, 2.75) is 54.0 Å². The Morgan fingerprint density at radius 2 is 1.94 bits per heavy atom. The summed E-state index contributed by atoms with van der Waals surface area (Å²) in [7, 11) is 0. The zero-order valence-corrected chi connectivity index (χ0v) is 12.1. The standard InChI is InChI=1S/C14H30N2/c1-7-15-12(13(2,3)4)10-16-9-8-14(5,6)11-16/h12,15H,7-11H2,1-6H3. The quantitative estimate of drug-likeness (QED) is 0.793. The number of likely N-dealkylation sites (tertiary alicyclic amines) is 1. The molecule has 1 aliphatic heterocycles. The predicted molar refractivity (Wildman–Crippen MR) is 71.8 cm³/mol. The fourth-order valence-electron chi connectivity index (χ4n) is 2.53. The Balaban J connectivity index is 2.50. The maximum absolute atomic E-state index is 3.64. The van der Waals surface area contributed by atoms with Crippen LogP contribution in [-0.2, 0) is 0 Å². The third-order valence-corrected chi connectivity index (χ3v) is 3.69. The minimum Gasteiger partial charge on any atom is -0.312 e. The van der Waals surface area contributed by atoms with Gasteiger partial charge >= 0.3 is 0 Å². The molecule has 0 spiro atoms. The van der Waals surface area contributed by atoms with Gasteiger partial charge in [0.05, 0.1) is 0 Å². The fourth-order valence-corrected chi connectivity index (χ4v) is 2.53. The molecular weight excluding hydrogens is 196 g/mol. The summed E-state index contributed by atoms with van der Waals surface area (Å²) in [6, 6.07) is 0.603. The van der Waals surface area contributed by atoms with Crippen molar-refractivity contribution in [3.8, 4) is 0 Å². The summed E-state index contributed by atoms with van der Waals surface area (Å²) in [5.41, 5.74) is 0.872. The van der Waals surface area contributed by atoms with Crippen molar-refractivity contribution in [3.63, 3.8) is 0 Å². The van der Waals surface area contributed by atoms with Gasteiger partial charge in [0.15, 0.2) is 0 Å². The SMILES string of the molecule is CCNC(CN1CCC(C)(C)C1)C(C)(C)C. The van der Waals surface area contributed by atoms with Gasteiger partial charge in [-0.25, -0.2) is 0 Å². The van der Waals surface area contributed by atoms with Gasteiger partial charge in [0.1, 0.15) is 0 Å². The van der Waals surface area contributed by atoms with E-state index in [1.807, 2.05) is 0 Å². The van der Waals surface area contributed by atoms with Gasteiger partial charge in [0.25, 0.3) is 0 Å². The molecule has 16 heavy (non-hydrogen) atoms. The second-order valence-electron chi connectivity index (χ2n) is 7.13. The summed E-state index contributed by atoms with van der Waals surface area (Å²) < 4.78 is 0. The van der Waals surface area contributed by atoms with Crippen molar-refractivity contribution < 1.29 is 0 Å². The molecule has 0 amide bonds. The summed E-state index contributed by atoms with van der Waals surface area (Å²) in [5, 5.41) is 3.64.